The Labute approximate surface area is 163 Å². The summed E-state index contributed by atoms with van der Waals surface area (Å²) in [6, 6.07) is 13.4. The molecule has 0 bridgehead atoms. The second-order valence-electron chi connectivity index (χ2n) is 8.00. The van der Waals surface area contributed by atoms with E-state index in [1.165, 1.54) is 84.7 Å². The van der Waals surface area contributed by atoms with Crippen LogP contribution in [0.3, 0.4) is 0 Å². The summed E-state index contributed by atoms with van der Waals surface area (Å²) in [7, 11) is 0. The van der Waals surface area contributed by atoms with E-state index in [2.05, 4.69) is 62.4 Å². The van der Waals surface area contributed by atoms with Crippen LogP contribution in [-0.4, -0.2) is 0 Å². The minimum Gasteiger partial charge on any atom is -0.467 e. The normalized spacial score (nSPS) is 17.3. The van der Waals surface area contributed by atoms with Crippen LogP contribution in [0.25, 0.3) is 12.2 Å². The van der Waals surface area contributed by atoms with Gasteiger partial charge in [0.1, 0.15) is 11.5 Å². The Morgan fingerprint density at radius 2 is 1.11 bits per heavy atom. The van der Waals surface area contributed by atoms with Crippen molar-refractivity contribution < 1.29 is 4.74 Å². The molecule has 0 saturated heterocycles. The van der Waals surface area contributed by atoms with Gasteiger partial charge in [0.05, 0.1) is 0 Å². The maximum absolute atomic E-state index is 6.16. The van der Waals surface area contributed by atoms with Crippen LogP contribution in [0, 0.1) is 0 Å². The van der Waals surface area contributed by atoms with E-state index < -0.39 is 0 Å². The number of benzene rings is 2. The largest absolute Gasteiger partial charge is 0.467 e. The van der Waals surface area contributed by atoms with E-state index in [9.17, 15) is 0 Å². The number of rotatable bonds is 4. The quantitative estimate of drug-likeness (QED) is 0.541. The predicted octanol–water partition coefficient (Wildman–Crippen LogP) is 6.88. The molecule has 1 nitrogen and oxygen atoms in total. The van der Waals surface area contributed by atoms with Gasteiger partial charge in [0.2, 0.25) is 0 Å². The van der Waals surface area contributed by atoms with E-state index in [1.54, 1.807) is 0 Å². The van der Waals surface area contributed by atoms with Crippen molar-refractivity contribution in [1.29, 1.82) is 0 Å². The van der Waals surface area contributed by atoms with Crippen molar-refractivity contribution in [2.45, 2.75) is 65.2 Å². The van der Waals surface area contributed by atoms with Gasteiger partial charge in [0.25, 0.3) is 0 Å². The van der Waals surface area contributed by atoms with Crippen LogP contribution < -0.4 is 0 Å². The van der Waals surface area contributed by atoms with Crippen LogP contribution in [0.2, 0.25) is 0 Å². The first-order valence-corrected chi connectivity index (χ1v) is 10.5. The average molecular weight is 359 g/mol. The monoisotopic (exact) mass is 358 g/mol. The van der Waals surface area contributed by atoms with E-state index in [0.29, 0.717) is 0 Å². The van der Waals surface area contributed by atoms with Gasteiger partial charge in [-0.3, -0.25) is 0 Å². The minimum absolute atomic E-state index is 0.965. The summed E-state index contributed by atoms with van der Waals surface area (Å²) in [4.78, 5) is 0. The third kappa shape index (κ3) is 4.18. The number of allylic oxidation sites excluding steroid dienone is 2. The maximum Gasteiger partial charge on any atom is 0.101 e. The Morgan fingerprint density at radius 1 is 0.667 bits per heavy atom. The predicted molar refractivity (Wildman–Crippen MR) is 115 cm³/mol. The van der Waals surface area contributed by atoms with E-state index in [0.717, 1.165) is 11.5 Å². The highest BCUT2D eigenvalue weighted by Crippen LogP contribution is 2.28. The third-order valence-electron chi connectivity index (χ3n) is 5.90. The molecule has 0 atom stereocenters. The van der Waals surface area contributed by atoms with Crippen LogP contribution in [0.5, 0.6) is 0 Å². The van der Waals surface area contributed by atoms with Crippen LogP contribution in [0.1, 0.15) is 72.9 Å². The van der Waals surface area contributed by atoms with Crippen molar-refractivity contribution in [3.63, 3.8) is 0 Å². The maximum atomic E-state index is 6.16. The lowest BCUT2D eigenvalue weighted by Gasteiger charge is -2.19. The van der Waals surface area contributed by atoms with Gasteiger partial charge in [-0.05, 0) is 111 Å². The van der Waals surface area contributed by atoms with E-state index >= 15 is 0 Å². The Kier molecular flexibility index (Phi) is 5.48. The molecule has 2 aromatic rings. The second-order valence-corrected chi connectivity index (χ2v) is 8.00. The highest BCUT2D eigenvalue weighted by atomic mass is 16.5. The van der Waals surface area contributed by atoms with Crippen molar-refractivity contribution in [2.75, 3.05) is 0 Å². The van der Waals surface area contributed by atoms with Crippen molar-refractivity contribution in [3.8, 4) is 0 Å². The van der Waals surface area contributed by atoms with Crippen LogP contribution in [-0.2, 0) is 30.4 Å². The molecular formula is C26H30O. The summed E-state index contributed by atoms with van der Waals surface area (Å²) in [5.41, 5.74) is 8.73. The molecule has 4 rings (SSSR count). The molecule has 140 valence electrons. The molecule has 0 radical (unpaired) electrons. The van der Waals surface area contributed by atoms with Crippen molar-refractivity contribution in [2.24, 2.45) is 0 Å². The minimum atomic E-state index is 0.965. The third-order valence-corrected chi connectivity index (χ3v) is 5.90. The smallest absolute Gasteiger partial charge is 0.101 e. The Hall–Kier alpha value is -2.28. The Balaban J connectivity index is 1.54. The molecule has 0 N–H and O–H groups in total. The Bertz CT molecular complexity index is 812. The fourth-order valence-corrected chi connectivity index (χ4v) is 4.64. The fourth-order valence-electron chi connectivity index (χ4n) is 4.64. The number of fused-ring (bicyclic) bond motifs is 2. The molecule has 0 heterocycles. The molecule has 0 amide bonds. The van der Waals surface area contributed by atoms with E-state index in [-0.39, 0.29) is 0 Å². The average Bonchev–Trinajstić information content (AvgIpc) is 2.68. The van der Waals surface area contributed by atoms with Gasteiger partial charge in [0, 0.05) is 0 Å². The molecular weight excluding hydrogens is 328 g/mol. The zero-order valence-corrected chi connectivity index (χ0v) is 16.7. The summed E-state index contributed by atoms with van der Waals surface area (Å²) >= 11 is 0. The molecule has 0 saturated carbocycles. The molecule has 2 aliphatic rings. The number of aryl methyl sites for hydroxylation is 2. The lowest BCUT2D eigenvalue weighted by atomic mass is 9.88. The summed E-state index contributed by atoms with van der Waals surface area (Å²) in [6.07, 6.45) is 14.5. The summed E-state index contributed by atoms with van der Waals surface area (Å²) in [6.45, 7) is 4.14. The number of ether oxygens (including phenoxy) is 1. The topological polar surface area (TPSA) is 9.23 Å². The first-order valence-electron chi connectivity index (χ1n) is 10.5. The van der Waals surface area contributed by atoms with E-state index in [4.69, 9.17) is 4.74 Å². The van der Waals surface area contributed by atoms with Gasteiger partial charge < -0.3 is 4.74 Å². The zero-order valence-electron chi connectivity index (χ0n) is 16.7. The van der Waals surface area contributed by atoms with Gasteiger partial charge >= 0.3 is 0 Å². The molecule has 0 fully saturated rings. The lowest BCUT2D eigenvalue weighted by Crippen LogP contribution is -2.05. The summed E-state index contributed by atoms with van der Waals surface area (Å²) in [5, 5.41) is 0. The molecule has 2 aromatic carbocycles. The van der Waals surface area contributed by atoms with Gasteiger partial charge in [-0.1, -0.05) is 36.4 Å². The fraction of sp³-hybridized carbons (Fsp3) is 0.385. The van der Waals surface area contributed by atoms with Crippen LogP contribution in [0.15, 0.2) is 47.9 Å². The first kappa shape index (κ1) is 18.1. The molecule has 0 spiro atoms. The van der Waals surface area contributed by atoms with Crippen LogP contribution >= 0.6 is 0 Å². The van der Waals surface area contributed by atoms with Crippen LogP contribution in [0.4, 0.5) is 0 Å². The molecule has 0 aliphatic heterocycles. The molecule has 0 unspecified atom stereocenters. The zero-order chi connectivity index (χ0) is 18.6. The highest BCUT2D eigenvalue weighted by molar-refractivity contribution is 5.60. The second kappa shape index (κ2) is 8.17. The van der Waals surface area contributed by atoms with Gasteiger partial charge in [-0.25, -0.2) is 0 Å². The number of hydrogen-bond acceptors (Lipinski definition) is 1. The highest BCUT2D eigenvalue weighted by Gasteiger charge is 2.13. The molecule has 2 aliphatic carbocycles. The van der Waals surface area contributed by atoms with Gasteiger partial charge in [-0.2, -0.15) is 0 Å². The van der Waals surface area contributed by atoms with Gasteiger partial charge in [-0.15, -0.1) is 0 Å². The van der Waals surface area contributed by atoms with Crippen molar-refractivity contribution >= 4 is 12.2 Å². The van der Waals surface area contributed by atoms with E-state index in [1.807, 2.05) is 0 Å². The molecule has 27 heavy (non-hydrogen) atoms. The molecule has 0 aromatic heterocycles. The Morgan fingerprint density at radius 3 is 1.59 bits per heavy atom. The van der Waals surface area contributed by atoms with Crippen molar-refractivity contribution in [3.05, 3.63) is 81.3 Å². The SMILES string of the molecule is CC(=Cc1cccc2c1CCCC2)OC(C)=Cc1cccc2c1CCCC2. The first-order chi connectivity index (χ1) is 13.2. The standard InChI is InChI=1S/C26H30O/c1-19(17-23-13-7-11-21-9-3-5-15-25(21)23)27-20(2)18-24-14-8-12-22-10-4-6-16-26(22)24/h7-8,11-14,17-18H,3-6,9-10,15-16H2,1-2H3. The number of hydrogen-bond donors (Lipinski definition) is 0. The lowest BCUT2D eigenvalue weighted by molar-refractivity contribution is 0.317. The van der Waals surface area contributed by atoms with Crippen molar-refractivity contribution in [1.82, 2.24) is 0 Å². The summed E-state index contributed by atoms with van der Waals surface area (Å²) < 4.78 is 6.16. The summed E-state index contributed by atoms with van der Waals surface area (Å²) in [5.74, 6) is 1.93. The van der Waals surface area contributed by atoms with Gasteiger partial charge in [0.15, 0.2) is 0 Å². The molecule has 1 heteroatoms.